The van der Waals surface area contributed by atoms with E-state index >= 15 is 0 Å². The molecule has 1 aromatic carbocycles. The van der Waals surface area contributed by atoms with E-state index in [-0.39, 0.29) is 28.9 Å². The molecule has 4 N–H and O–H groups in total. The van der Waals surface area contributed by atoms with E-state index in [1.54, 1.807) is 0 Å². The predicted molar refractivity (Wildman–Crippen MR) is 75.2 cm³/mol. The number of nitrogens with two attached hydrogens (primary N) is 1. The van der Waals surface area contributed by atoms with Crippen LogP contribution >= 0.6 is 0 Å². The SMILES string of the molecule is CCCC1CC1NC(=O)c1cccc([N+](=O)[O-])c1NN. The highest BCUT2D eigenvalue weighted by molar-refractivity contribution is 6.01. The van der Waals surface area contributed by atoms with Crippen LogP contribution < -0.4 is 16.6 Å². The molecule has 0 radical (unpaired) electrons. The van der Waals surface area contributed by atoms with Crippen molar-refractivity contribution in [3.63, 3.8) is 0 Å². The van der Waals surface area contributed by atoms with Gasteiger partial charge < -0.3 is 10.7 Å². The topological polar surface area (TPSA) is 110 Å². The van der Waals surface area contributed by atoms with E-state index in [1.165, 1.54) is 18.2 Å². The second-order valence-electron chi connectivity index (χ2n) is 4.97. The summed E-state index contributed by atoms with van der Waals surface area (Å²) < 4.78 is 0. The molecule has 0 heterocycles. The maximum absolute atomic E-state index is 12.2. The molecule has 1 amide bonds. The van der Waals surface area contributed by atoms with Gasteiger partial charge in [0.05, 0.1) is 10.5 Å². The lowest BCUT2D eigenvalue weighted by molar-refractivity contribution is -0.384. The standard InChI is InChI=1S/C13H18N4O3/c1-2-4-8-7-10(8)15-13(18)9-5-3-6-11(17(19)20)12(9)16-14/h3,5-6,8,10,16H,2,4,7,14H2,1H3,(H,15,18). The fraction of sp³-hybridized carbons (Fsp3) is 0.462. The van der Waals surface area contributed by atoms with Crippen LogP contribution in [-0.4, -0.2) is 16.9 Å². The van der Waals surface area contributed by atoms with Gasteiger partial charge in [-0.05, 0) is 24.8 Å². The smallest absolute Gasteiger partial charge is 0.294 e. The van der Waals surface area contributed by atoms with Gasteiger partial charge in [-0.15, -0.1) is 0 Å². The number of amides is 1. The summed E-state index contributed by atoms with van der Waals surface area (Å²) in [4.78, 5) is 22.5. The van der Waals surface area contributed by atoms with Crippen molar-refractivity contribution in [1.82, 2.24) is 5.32 Å². The first-order valence-electron chi connectivity index (χ1n) is 6.63. The number of hydrogen-bond acceptors (Lipinski definition) is 5. The number of nitrogen functional groups attached to an aromatic ring is 1. The van der Waals surface area contributed by atoms with Gasteiger partial charge in [0.2, 0.25) is 0 Å². The zero-order valence-electron chi connectivity index (χ0n) is 11.3. The van der Waals surface area contributed by atoms with E-state index in [9.17, 15) is 14.9 Å². The van der Waals surface area contributed by atoms with Crippen molar-refractivity contribution in [3.8, 4) is 0 Å². The Balaban J connectivity index is 2.14. The molecule has 1 aliphatic carbocycles. The molecule has 0 saturated heterocycles. The van der Waals surface area contributed by atoms with E-state index in [0.717, 1.165) is 19.3 Å². The summed E-state index contributed by atoms with van der Waals surface area (Å²) in [7, 11) is 0. The lowest BCUT2D eigenvalue weighted by atomic mass is 10.1. The van der Waals surface area contributed by atoms with Gasteiger partial charge in [0.15, 0.2) is 0 Å². The Kier molecular flexibility index (Phi) is 4.19. The summed E-state index contributed by atoms with van der Waals surface area (Å²) in [5.74, 6) is 5.51. The van der Waals surface area contributed by atoms with Crippen LogP contribution in [-0.2, 0) is 0 Å². The molecular formula is C13H18N4O3. The number of hydrogen-bond donors (Lipinski definition) is 3. The number of para-hydroxylation sites is 1. The number of nitrogens with one attached hydrogen (secondary N) is 2. The maximum Gasteiger partial charge on any atom is 0.294 e. The first-order chi connectivity index (χ1) is 9.58. The van der Waals surface area contributed by atoms with Crippen LogP contribution in [0.2, 0.25) is 0 Å². The molecule has 0 aromatic heterocycles. The Morgan fingerprint density at radius 3 is 2.90 bits per heavy atom. The molecule has 108 valence electrons. The molecule has 2 rings (SSSR count). The van der Waals surface area contributed by atoms with Gasteiger partial charge in [0.1, 0.15) is 5.69 Å². The molecule has 2 atom stereocenters. The van der Waals surface area contributed by atoms with Crippen molar-refractivity contribution in [3.05, 3.63) is 33.9 Å². The average Bonchev–Trinajstić information content (AvgIpc) is 3.15. The van der Waals surface area contributed by atoms with E-state index in [2.05, 4.69) is 17.7 Å². The van der Waals surface area contributed by atoms with Gasteiger partial charge in [-0.3, -0.25) is 20.8 Å². The molecule has 1 saturated carbocycles. The lowest BCUT2D eigenvalue weighted by Crippen LogP contribution is -2.28. The Bertz CT molecular complexity index is 532. The average molecular weight is 278 g/mol. The zero-order valence-corrected chi connectivity index (χ0v) is 11.3. The van der Waals surface area contributed by atoms with Crippen molar-refractivity contribution >= 4 is 17.3 Å². The second kappa shape index (κ2) is 5.87. The summed E-state index contributed by atoms with van der Waals surface area (Å²) in [6, 6.07) is 4.48. The summed E-state index contributed by atoms with van der Waals surface area (Å²) in [5.41, 5.74) is 2.29. The van der Waals surface area contributed by atoms with Crippen molar-refractivity contribution in [2.24, 2.45) is 11.8 Å². The third-order valence-electron chi connectivity index (χ3n) is 3.53. The Hall–Kier alpha value is -2.15. The van der Waals surface area contributed by atoms with Gasteiger partial charge >= 0.3 is 0 Å². The molecule has 7 nitrogen and oxygen atoms in total. The molecule has 2 unspecified atom stereocenters. The lowest BCUT2D eigenvalue weighted by Gasteiger charge is -2.09. The van der Waals surface area contributed by atoms with E-state index < -0.39 is 4.92 Å². The van der Waals surface area contributed by atoms with Crippen LogP contribution in [0.3, 0.4) is 0 Å². The van der Waals surface area contributed by atoms with E-state index in [1.807, 2.05) is 0 Å². The number of rotatable bonds is 6. The number of nitro benzene ring substituents is 1. The molecular weight excluding hydrogens is 260 g/mol. The molecule has 20 heavy (non-hydrogen) atoms. The third-order valence-corrected chi connectivity index (χ3v) is 3.53. The number of anilines is 1. The Morgan fingerprint density at radius 1 is 1.55 bits per heavy atom. The largest absolute Gasteiger partial charge is 0.349 e. The summed E-state index contributed by atoms with van der Waals surface area (Å²) >= 11 is 0. The number of carbonyl (C=O) groups is 1. The second-order valence-corrected chi connectivity index (χ2v) is 4.97. The fourth-order valence-corrected chi connectivity index (χ4v) is 2.39. The minimum atomic E-state index is -0.566. The molecule has 0 bridgehead atoms. The normalized spacial score (nSPS) is 20.3. The monoisotopic (exact) mass is 278 g/mol. The molecule has 0 spiro atoms. The van der Waals surface area contributed by atoms with Gasteiger partial charge in [-0.1, -0.05) is 19.4 Å². The minimum Gasteiger partial charge on any atom is -0.349 e. The number of hydrazine groups is 1. The highest BCUT2D eigenvalue weighted by atomic mass is 16.6. The quantitative estimate of drug-likeness (QED) is 0.417. The highest BCUT2D eigenvalue weighted by Crippen LogP contribution is 2.35. The third kappa shape index (κ3) is 2.88. The highest BCUT2D eigenvalue weighted by Gasteiger charge is 2.37. The van der Waals surface area contributed by atoms with Crippen LogP contribution in [0.15, 0.2) is 18.2 Å². The Labute approximate surface area is 116 Å². The minimum absolute atomic E-state index is 0.0442. The summed E-state index contributed by atoms with van der Waals surface area (Å²) in [6.45, 7) is 2.11. The van der Waals surface area contributed by atoms with Crippen LogP contribution in [0.25, 0.3) is 0 Å². The van der Waals surface area contributed by atoms with Gasteiger partial charge in [-0.25, -0.2) is 0 Å². The van der Waals surface area contributed by atoms with Crippen LogP contribution in [0, 0.1) is 16.0 Å². The van der Waals surface area contributed by atoms with E-state index in [0.29, 0.717) is 5.92 Å². The summed E-state index contributed by atoms with van der Waals surface area (Å²) in [6.07, 6.45) is 3.14. The van der Waals surface area contributed by atoms with Crippen molar-refractivity contribution in [2.45, 2.75) is 32.2 Å². The van der Waals surface area contributed by atoms with Gasteiger partial charge in [-0.2, -0.15) is 0 Å². The number of nitro groups is 1. The zero-order chi connectivity index (χ0) is 14.7. The predicted octanol–water partition coefficient (Wildman–Crippen LogP) is 1.80. The van der Waals surface area contributed by atoms with Crippen molar-refractivity contribution < 1.29 is 9.72 Å². The molecule has 1 aliphatic rings. The molecule has 1 fully saturated rings. The Morgan fingerprint density at radius 2 is 2.30 bits per heavy atom. The first kappa shape index (κ1) is 14.3. The molecule has 7 heteroatoms. The molecule has 1 aromatic rings. The summed E-state index contributed by atoms with van der Waals surface area (Å²) in [5, 5.41) is 13.8. The van der Waals surface area contributed by atoms with Crippen molar-refractivity contribution in [1.29, 1.82) is 0 Å². The van der Waals surface area contributed by atoms with E-state index in [4.69, 9.17) is 5.84 Å². The van der Waals surface area contributed by atoms with Gasteiger partial charge in [0.25, 0.3) is 11.6 Å². The maximum atomic E-state index is 12.2. The number of nitrogens with zero attached hydrogens (tertiary/aromatic N) is 1. The first-order valence-corrected chi connectivity index (χ1v) is 6.63. The fourth-order valence-electron chi connectivity index (χ4n) is 2.39. The van der Waals surface area contributed by atoms with Crippen LogP contribution in [0.1, 0.15) is 36.5 Å². The molecule has 0 aliphatic heterocycles. The number of benzene rings is 1. The van der Waals surface area contributed by atoms with Crippen LogP contribution in [0.5, 0.6) is 0 Å². The van der Waals surface area contributed by atoms with Crippen molar-refractivity contribution in [2.75, 3.05) is 5.43 Å². The number of carbonyl (C=O) groups excluding carboxylic acids is 1. The van der Waals surface area contributed by atoms with Crippen LogP contribution in [0.4, 0.5) is 11.4 Å². The van der Waals surface area contributed by atoms with Gasteiger partial charge in [0, 0.05) is 12.1 Å².